The first kappa shape index (κ1) is 14.7. The first-order chi connectivity index (χ1) is 10.7. The lowest BCUT2D eigenvalue weighted by Gasteiger charge is -2.05. The second-order valence-electron chi connectivity index (χ2n) is 4.62. The number of thiocarbonyl (C=S) groups is 1. The molecule has 0 atom stereocenters. The molecule has 0 fully saturated rings. The van der Waals surface area contributed by atoms with Crippen LogP contribution in [0.15, 0.2) is 64.3 Å². The third kappa shape index (κ3) is 3.52. The molecule has 1 heterocycles. The van der Waals surface area contributed by atoms with E-state index in [1.54, 1.807) is 6.21 Å². The van der Waals surface area contributed by atoms with Crippen LogP contribution >= 0.6 is 28.1 Å². The fraction of sp³-hybridized carbons (Fsp3) is 0. The van der Waals surface area contributed by atoms with Crippen molar-refractivity contribution in [3.8, 4) is 0 Å². The van der Waals surface area contributed by atoms with Crippen LogP contribution in [0.3, 0.4) is 0 Å². The Morgan fingerprint density at radius 2 is 2.00 bits per heavy atom. The van der Waals surface area contributed by atoms with Crippen LogP contribution in [0.4, 0.5) is 5.69 Å². The van der Waals surface area contributed by atoms with Gasteiger partial charge < -0.3 is 10.3 Å². The zero-order valence-electron chi connectivity index (χ0n) is 11.5. The fourth-order valence-corrected chi connectivity index (χ4v) is 2.59. The molecule has 0 bridgehead atoms. The van der Waals surface area contributed by atoms with Gasteiger partial charge in [0.15, 0.2) is 5.11 Å². The molecule has 3 rings (SSSR count). The Morgan fingerprint density at radius 3 is 2.82 bits per heavy atom. The summed E-state index contributed by atoms with van der Waals surface area (Å²) in [6, 6.07) is 15.8. The summed E-state index contributed by atoms with van der Waals surface area (Å²) in [5.74, 6) is 0. The number of anilines is 1. The molecule has 2 aromatic carbocycles. The Morgan fingerprint density at radius 1 is 1.18 bits per heavy atom. The third-order valence-electron chi connectivity index (χ3n) is 3.08. The molecule has 22 heavy (non-hydrogen) atoms. The molecular formula is C16H13BrN4S. The molecule has 0 radical (unpaired) electrons. The number of benzene rings is 2. The largest absolute Gasteiger partial charge is 0.361 e. The Balaban J connectivity index is 1.66. The summed E-state index contributed by atoms with van der Waals surface area (Å²) in [5, 5.41) is 8.78. The van der Waals surface area contributed by atoms with Crippen molar-refractivity contribution < 1.29 is 0 Å². The number of aromatic nitrogens is 1. The molecule has 110 valence electrons. The molecule has 4 nitrogen and oxygen atoms in total. The lowest BCUT2D eigenvalue weighted by Crippen LogP contribution is -2.23. The molecule has 0 amide bonds. The lowest BCUT2D eigenvalue weighted by atomic mass is 10.2. The van der Waals surface area contributed by atoms with Crippen molar-refractivity contribution >= 4 is 56.1 Å². The second kappa shape index (κ2) is 6.72. The van der Waals surface area contributed by atoms with Gasteiger partial charge in [0.2, 0.25) is 0 Å². The van der Waals surface area contributed by atoms with Crippen LogP contribution in [0, 0.1) is 0 Å². The average molecular weight is 373 g/mol. The van der Waals surface area contributed by atoms with Crippen LogP contribution in [0.1, 0.15) is 5.56 Å². The van der Waals surface area contributed by atoms with Crippen LogP contribution in [0.2, 0.25) is 0 Å². The van der Waals surface area contributed by atoms with Crippen LogP contribution in [-0.4, -0.2) is 16.3 Å². The van der Waals surface area contributed by atoms with Gasteiger partial charge in [-0.2, -0.15) is 5.10 Å². The molecule has 0 unspecified atom stereocenters. The van der Waals surface area contributed by atoms with Crippen molar-refractivity contribution in [2.75, 3.05) is 5.32 Å². The summed E-state index contributed by atoms with van der Waals surface area (Å²) in [6.07, 6.45) is 3.65. The summed E-state index contributed by atoms with van der Waals surface area (Å²) in [4.78, 5) is 3.21. The maximum Gasteiger partial charge on any atom is 0.191 e. The number of hydrogen-bond acceptors (Lipinski definition) is 2. The van der Waals surface area contributed by atoms with Gasteiger partial charge in [0.25, 0.3) is 0 Å². The summed E-state index contributed by atoms with van der Waals surface area (Å²) < 4.78 is 1.03. The van der Waals surface area contributed by atoms with Gasteiger partial charge in [-0.25, -0.2) is 0 Å². The quantitative estimate of drug-likeness (QED) is 0.366. The Bertz CT molecular complexity index is 827. The molecule has 3 aromatic rings. The van der Waals surface area contributed by atoms with E-state index >= 15 is 0 Å². The number of H-pyrrole nitrogens is 1. The van der Waals surface area contributed by atoms with E-state index in [4.69, 9.17) is 12.2 Å². The summed E-state index contributed by atoms with van der Waals surface area (Å²) >= 11 is 8.67. The SMILES string of the molecule is S=C(N/N=C/c1c[nH]c2ccc(Br)cc12)Nc1ccccc1. The highest BCUT2D eigenvalue weighted by Gasteiger charge is 2.02. The monoisotopic (exact) mass is 372 g/mol. The molecule has 0 aliphatic heterocycles. The van der Waals surface area contributed by atoms with Crippen LogP contribution in [-0.2, 0) is 0 Å². The topological polar surface area (TPSA) is 52.2 Å². The number of hydrogen-bond donors (Lipinski definition) is 3. The van der Waals surface area contributed by atoms with Crippen molar-refractivity contribution in [1.82, 2.24) is 10.4 Å². The predicted octanol–water partition coefficient (Wildman–Crippen LogP) is 4.25. The van der Waals surface area contributed by atoms with E-state index in [1.807, 2.05) is 54.7 Å². The fourth-order valence-electron chi connectivity index (χ4n) is 2.06. The molecule has 0 spiro atoms. The van der Waals surface area contributed by atoms with E-state index in [0.717, 1.165) is 26.6 Å². The van der Waals surface area contributed by atoms with E-state index in [1.165, 1.54) is 0 Å². The number of fused-ring (bicyclic) bond motifs is 1. The van der Waals surface area contributed by atoms with Gasteiger partial charge in [-0.1, -0.05) is 34.1 Å². The second-order valence-corrected chi connectivity index (χ2v) is 5.95. The maximum atomic E-state index is 5.20. The zero-order valence-corrected chi connectivity index (χ0v) is 13.9. The highest BCUT2D eigenvalue weighted by molar-refractivity contribution is 9.10. The standard InChI is InChI=1S/C16H13BrN4S/c17-12-6-7-15-14(8-12)11(9-18-15)10-19-21-16(22)20-13-4-2-1-3-5-13/h1-10,18H,(H2,20,21,22)/b19-10+. The minimum absolute atomic E-state index is 0.448. The van der Waals surface area contributed by atoms with E-state index < -0.39 is 0 Å². The van der Waals surface area contributed by atoms with Crippen molar-refractivity contribution in [1.29, 1.82) is 0 Å². The first-order valence-electron chi connectivity index (χ1n) is 6.64. The Kier molecular flexibility index (Phi) is 4.50. The van der Waals surface area contributed by atoms with Crippen molar-refractivity contribution in [3.05, 3.63) is 64.8 Å². The smallest absolute Gasteiger partial charge is 0.191 e. The number of halogens is 1. The van der Waals surface area contributed by atoms with Crippen LogP contribution < -0.4 is 10.7 Å². The molecule has 0 aliphatic carbocycles. The van der Waals surface area contributed by atoms with E-state index in [9.17, 15) is 0 Å². The maximum absolute atomic E-state index is 5.20. The van der Waals surface area contributed by atoms with Gasteiger partial charge in [-0.3, -0.25) is 5.43 Å². The average Bonchev–Trinajstić information content (AvgIpc) is 2.91. The minimum atomic E-state index is 0.448. The minimum Gasteiger partial charge on any atom is -0.361 e. The number of nitrogens with one attached hydrogen (secondary N) is 3. The highest BCUT2D eigenvalue weighted by Crippen LogP contribution is 2.21. The van der Waals surface area contributed by atoms with Gasteiger partial charge in [0, 0.05) is 32.8 Å². The summed E-state index contributed by atoms with van der Waals surface area (Å²) in [7, 11) is 0. The first-order valence-corrected chi connectivity index (χ1v) is 7.84. The van der Waals surface area contributed by atoms with Crippen LogP contribution in [0.25, 0.3) is 10.9 Å². The number of para-hydroxylation sites is 1. The summed E-state index contributed by atoms with van der Waals surface area (Å²) in [6.45, 7) is 0. The lowest BCUT2D eigenvalue weighted by molar-refractivity contribution is 1.05. The zero-order chi connectivity index (χ0) is 15.4. The van der Waals surface area contributed by atoms with Crippen molar-refractivity contribution in [2.45, 2.75) is 0 Å². The Hall–Kier alpha value is -2.18. The van der Waals surface area contributed by atoms with Crippen molar-refractivity contribution in [3.63, 3.8) is 0 Å². The molecular weight excluding hydrogens is 360 g/mol. The van der Waals surface area contributed by atoms with E-state index in [0.29, 0.717) is 5.11 Å². The van der Waals surface area contributed by atoms with E-state index in [-0.39, 0.29) is 0 Å². The number of rotatable bonds is 3. The molecule has 0 saturated carbocycles. The highest BCUT2D eigenvalue weighted by atomic mass is 79.9. The molecule has 1 aromatic heterocycles. The molecule has 3 N–H and O–H groups in total. The van der Waals surface area contributed by atoms with Gasteiger partial charge in [0.1, 0.15) is 0 Å². The third-order valence-corrected chi connectivity index (χ3v) is 3.76. The predicted molar refractivity (Wildman–Crippen MR) is 99.4 cm³/mol. The van der Waals surface area contributed by atoms with Crippen molar-refractivity contribution in [2.24, 2.45) is 5.10 Å². The Labute approximate surface area is 141 Å². The molecule has 0 aliphatic rings. The van der Waals surface area contributed by atoms with Gasteiger partial charge in [-0.15, -0.1) is 0 Å². The number of aromatic amines is 1. The van der Waals surface area contributed by atoms with Crippen LogP contribution in [0.5, 0.6) is 0 Å². The number of nitrogens with zero attached hydrogens (tertiary/aromatic N) is 1. The van der Waals surface area contributed by atoms with Gasteiger partial charge >= 0.3 is 0 Å². The van der Waals surface area contributed by atoms with E-state index in [2.05, 4.69) is 36.8 Å². The normalized spacial score (nSPS) is 11.0. The molecule has 6 heteroatoms. The van der Waals surface area contributed by atoms with Gasteiger partial charge in [-0.05, 0) is 42.5 Å². The number of hydrazone groups is 1. The molecule has 0 saturated heterocycles. The van der Waals surface area contributed by atoms with Gasteiger partial charge in [0.05, 0.1) is 6.21 Å². The summed E-state index contributed by atoms with van der Waals surface area (Å²) in [5.41, 5.74) is 5.79.